The van der Waals surface area contributed by atoms with Crippen molar-refractivity contribution in [2.24, 2.45) is 0 Å². The van der Waals surface area contributed by atoms with Crippen LogP contribution in [0.4, 0.5) is 18.0 Å². The maximum atomic E-state index is 12.7. The molecule has 28 heavy (non-hydrogen) atoms. The molecule has 0 saturated carbocycles. The molecule has 146 valence electrons. The van der Waals surface area contributed by atoms with Crippen molar-refractivity contribution in [2.75, 3.05) is 5.75 Å². The van der Waals surface area contributed by atoms with Crippen molar-refractivity contribution in [3.8, 4) is 11.5 Å². The average Bonchev–Trinajstić information content (AvgIpc) is 3.17. The molecular weight excluding hydrogens is 435 g/mol. The quantitative estimate of drug-likeness (QED) is 0.657. The molecule has 1 saturated heterocycles. The fraction of sp³-hybridized carbons (Fsp3) is 0.222. The summed E-state index contributed by atoms with van der Waals surface area (Å²) < 4.78 is 43.9. The molecule has 1 fully saturated rings. The van der Waals surface area contributed by atoms with Crippen LogP contribution in [0.15, 0.2) is 41.3 Å². The Balaban J connectivity index is 1.54. The lowest BCUT2D eigenvalue weighted by atomic mass is 9.97. The van der Waals surface area contributed by atoms with Gasteiger partial charge in [-0.1, -0.05) is 29.4 Å². The summed E-state index contributed by atoms with van der Waals surface area (Å²) in [7, 11) is 0. The number of thioether (sulfide) groups is 2. The first-order valence-corrected chi connectivity index (χ1v) is 10.3. The molecule has 0 bridgehead atoms. The van der Waals surface area contributed by atoms with Gasteiger partial charge in [-0.3, -0.25) is 14.9 Å². The number of halogens is 4. The van der Waals surface area contributed by atoms with E-state index < -0.39 is 17.0 Å². The fourth-order valence-electron chi connectivity index (χ4n) is 3.05. The summed E-state index contributed by atoms with van der Waals surface area (Å²) in [6.07, 6.45) is -4.48. The number of imide groups is 1. The highest BCUT2D eigenvalue weighted by Gasteiger charge is 2.41. The van der Waals surface area contributed by atoms with E-state index >= 15 is 0 Å². The number of hydrogen-bond donors (Lipinski definition) is 1. The zero-order valence-corrected chi connectivity index (χ0v) is 16.3. The summed E-state index contributed by atoms with van der Waals surface area (Å²) in [4.78, 5) is 24.3. The lowest BCUT2D eigenvalue weighted by molar-refractivity contribution is -0.137. The summed E-state index contributed by atoms with van der Waals surface area (Å²) in [5.41, 5.74) is 0.0947. The van der Waals surface area contributed by atoms with Crippen molar-refractivity contribution in [1.82, 2.24) is 5.32 Å². The van der Waals surface area contributed by atoms with Crippen molar-refractivity contribution in [3.05, 3.63) is 52.5 Å². The molecule has 2 heterocycles. The van der Waals surface area contributed by atoms with E-state index in [1.165, 1.54) is 17.8 Å². The van der Waals surface area contributed by atoms with E-state index in [0.29, 0.717) is 11.5 Å². The van der Waals surface area contributed by atoms with Crippen molar-refractivity contribution >= 4 is 46.3 Å². The predicted molar refractivity (Wildman–Crippen MR) is 101 cm³/mol. The Morgan fingerprint density at radius 1 is 1.14 bits per heavy atom. The monoisotopic (exact) mass is 445 g/mol. The molecule has 10 heteroatoms. The van der Waals surface area contributed by atoms with E-state index in [4.69, 9.17) is 16.3 Å². The van der Waals surface area contributed by atoms with E-state index in [2.05, 4.69) is 5.32 Å². The van der Waals surface area contributed by atoms with Crippen LogP contribution in [-0.4, -0.2) is 22.1 Å². The van der Waals surface area contributed by atoms with Gasteiger partial charge in [0.2, 0.25) is 5.91 Å². The average molecular weight is 446 g/mol. The van der Waals surface area contributed by atoms with Crippen LogP contribution in [-0.2, 0) is 11.0 Å². The Morgan fingerprint density at radius 2 is 1.93 bits per heavy atom. The number of carbonyl (C=O) groups is 2. The molecule has 2 aromatic rings. The smallest absolute Gasteiger partial charge is 0.416 e. The number of nitrogens with one attached hydrogen (secondary N) is 1. The molecule has 2 aliphatic heterocycles. The van der Waals surface area contributed by atoms with Crippen LogP contribution in [0.3, 0.4) is 0 Å². The van der Waals surface area contributed by atoms with E-state index in [1.807, 2.05) is 6.07 Å². The molecule has 0 aromatic heterocycles. The third kappa shape index (κ3) is 3.70. The molecule has 2 aliphatic rings. The molecule has 2 atom stereocenters. The van der Waals surface area contributed by atoms with E-state index in [0.717, 1.165) is 34.4 Å². The minimum Gasteiger partial charge on any atom is -0.456 e. The van der Waals surface area contributed by atoms with E-state index in [9.17, 15) is 22.8 Å². The van der Waals surface area contributed by atoms with Crippen LogP contribution >= 0.6 is 35.1 Å². The maximum absolute atomic E-state index is 12.7. The number of benzene rings is 2. The SMILES string of the molecule is O=C1NC(=O)C(C2CSc3cc(Oc4ccc(C(F)(F)F)cc4Cl)ccc32)S1. The zero-order valence-electron chi connectivity index (χ0n) is 13.9. The van der Waals surface area contributed by atoms with E-state index in [1.54, 1.807) is 12.1 Å². The highest BCUT2D eigenvalue weighted by atomic mass is 35.5. The van der Waals surface area contributed by atoms with E-state index in [-0.39, 0.29) is 27.8 Å². The van der Waals surface area contributed by atoms with Crippen LogP contribution in [0.1, 0.15) is 17.0 Å². The molecule has 1 N–H and O–H groups in total. The van der Waals surface area contributed by atoms with Gasteiger partial charge in [0, 0.05) is 16.6 Å². The van der Waals surface area contributed by atoms with Crippen LogP contribution in [0, 0.1) is 0 Å². The molecule has 2 unspecified atom stereocenters. The summed E-state index contributed by atoms with van der Waals surface area (Å²) in [6, 6.07) is 8.15. The molecule has 4 nitrogen and oxygen atoms in total. The summed E-state index contributed by atoms with van der Waals surface area (Å²) in [5.74, 6) is 0.808. The first-order chi connectivity index (χ1) is 13.2. The Bertz CT molecular complexity index is 983. The van der Waals surface area contributed by atoms with Gasteiger partial charge < -0.3 is 4.74 Å². The second-order valence-electron chi connectivity index (χ2n) is 6.18. The Morgan fingerprint density at radius 3 is 2.57 bits per heavy atom. The Kier molecular flexibility index (Phi) is 5.01. The summed E-state index contributed by atoms with van der Waals surface area (Å²) >= 11 is 8.46. The van der Waals surface area contributed by atoms with Crippen LogP contribution in [0.2, 0.25) is 5.02 Å². The minimum atomic E-state index is -4.48. The van der Waals surface area contributed by atoms with Gasteiger partial charge in [-0.25, -0.2) is 0 Å². The van der Waals surface area contributed by atoms with Crippen molar-refractivity contribution < 1.29 is 27.5 Å². The Hall–Kier alpha value is -1.84. The Labute approximate surface area is 171 Å². The third-order valence-electron chi connectivity index (χ3n) is 4.37. The van der Waals surface area contributed by atoms with Gasteiger partial charge in [0.25, 0.3) is 5.24 Å². The molecule has 4 rings (SSSR count). The van der Waals surface area contributed by atoms with Crippen LogP contribution in [0.25, 0.3) is 0 Å². The summed E-state index contributed by atoms with van der Waals surface area (Å²) in [6.45, 7) is 0. The summed E-state index contributed by atoms with van der Waals surface area (Å²) in [5, 5.41) is 1.35. The highest BCUT2D eigenvalue weighted by Crippen LogP contribution is 2.47. The van der Waals surface area contributed by atoms with Gasteiger partial charge in [0.05, 0.1) is 10.6 Å². The van der Waals surface area contributed by atoms with Gasteiger partial charge in [0.15, 0.2) is 0 Å². The maximum Gasteiger partial charge on any atom is 0.416 e. The topological polar surface area (TPSA) is 55.4 Å². The predicted octanol–water partition coefficient (Wildman–Crippen LogP) is 5.69. The largest absolute Gasteiger partial charge is 0.456 e. The number of fused-ring (bicyclic) bond motifs is 1. The van der Waals surface area contributed by atoms with Gasteiger partial charge in [0.1, 0.15) is 16.7 Å². The molecule has 0 radical (unpaired) electrons. The molecule has 0 aliphatic carbocycles. The number of ether oxygens (including phenoxy) is 1. The highest BCUT2D eigenvalue weighted by molar-refractivity contribution is 8.15. The second-order valence-corrected chi connectivity index (χ2v) is 8.76. The van der Waals surface area contributed by atoms with Crippen molar-refractivity contribution in [3.63, 3.8) is 0 Å². The fourth-order valence-corrected chi connectivity index (χ4v) is 5.67. The van der Waals surface area contributed by atoms with Gasteiger partial charge in [-0.05, 0) is 35.9 Å². The first kappa shape index (κ1) is 19.5. The number of hydrogen-bond acceptors (Lipinski definition) is 5. The van der Waals surface area contributed by atoms with Crippen LogP contribution in [0.5, 0.6) is 11.5 Å². The number of carbonyl (C=O) groups excluding carboxylic acids is 2. The van der Waals surface area contributed by atoms with Crippen molar-refractivity contribution in [1.29, 1.82) is 0 Å². The zero-order chi connectivity index (χ0) is 20.1. The molecular formula is C18H11ClF3NO3S2. The second kappa shape index (κ2) is 7.20. The normalized spacial score (nSPS) is 21.6. The number of rotatable bonds is 3. The van der Waals surface area contributed by atoms with Gasteiger partial charge in [-0.15, -0.1) is 11.8 Å². The molecule has 0 spiro atoms. The standard InChI is InChI=1S/C18H11ClF3NO3S2/c19-12-5-8(18(20,21)22)1-4-13(12)26-9-2-3-10-11(7-27-14(10)6-9)15-16(24)23-17(25)28-15/h1-6,11,15H,7H2,(H,23,24,25). The van der Waals surface area contributed by atoms with Gasteiger partial charge >= 0.3 is 6.18 Å². The number of amides is 2. The molecule has 2 amide bonds. The minimum absolute atomic E-state index is 0.0971. The lowest BCUT2D eigenvalue weighted by Crippen LogP contribution is -2.28. The molecule has 2 aromatic carbocycles. The van der Waals surface area contributed by atoms with Crippen molar-refractivity contribution in [2.45, 2.75) is 22.2 Å². The first-order valence-electron chi connectivity index (χ1n) is 8.05. The van der Waals surface area contributed by atoms with Gasteiger partial charge in [-0.2, -0.15) is 13.2 Å². The lowest BCUT2D eigenvalue weighted by Gasteiger charge is -2.15. The van der Waals surface area contributed by atoms with Crippen LogP contribution < -0.4 is 10.1 Å². The number of alkyl halides is 3. The third-order valence-corrected chi connectivity index (χ3v) is 6.97.